The molecule has 23 heavy (non-hydrogen) atoms. The number of aryl methyl sites for hydroxylation is 1. The lowest BCUT2D eigenvalue weighted by Crippen LogP contribution is -2.33. The highest BCUT2D eigenvalue weighted by Crippen LogP contribution is 2.51. The number of carbonyl (C=O) groups is 2. The largest absolute Gasteiger partial charge is 0.462 e. The van der Waals surface area contributed by atoms with Gasteiger partial charge in [-0.05, 0) is 43.6 Å². The molecule has 2 aliphatic carbocycles. The van der Waals surface area contributed by atoms with Gasteiger partial charge in [-0.2, -0.15) is 0 Å². The number of pyridine rings is 1. The first-order valence-electron chi connectivity index (χ1n) is 8.52. The van der Waals surface area contributed by atoms with Crippen LogP contribution in [0.2, 0.25) is 0 Å². The Morgan fingerprint density at radius 2 is 2.00 bits per heavy atom. The van der Waals surface area contributed by atoms with Crippen LogP contribution >= 0.6 is 0 Å². The monoisotopic (exact) mass is 315 g/mol. The minimum absolute atomic E-state index is 0.101. The molecule has 0 bridgehead atoms. The highest BCUT2D eigenvalue weighted by molar-refractivity contribution is 6.04. The van der Waals surface area contributed by atoms with Crippen LogP contribution in [0.15, 0.2) is 0 Å². The predicted molar refractivity (Wildman–Crippen MR) is 88.0 cm³/mol. The Balaban J connectivity index is 2.25. The van der Waals surface area contributed by atoms with Gasteiger partial charge in [-0.25, -0.2) is 4.79 Å². The first kappa shape index (κ1) is 16.2. The van der Waals surface area contributed by atoms with Crippen molar-refractivity contribution in [3.8, 4) is 0 Å². The van der Waals surface area contributed by atoms with Crippen molar-refractivity contribution in [3.63, 3.8) is 0 Å². The van der Waals surface area contributed by atoms with Crippen LogP contribution < -0.4 is 0 Å². The molecule has 124 valence electrons. The van der Waals surface area contributed by atoms with Crippen LogP contribution in [0, 0.1) is 12.3 Å². The second-order valence-corrected chi connectivity index (χ2v) is 7.55. The van der Waals surface area contributed by atoms with Crippen LogP contribution in [0.1, 0.15) is 96.5 Å². The summed E-state index contributed by atoms with van der Waals surface area (Å²) >= 11 is 0. The van der Waals surface area contributed by atoms with Crippen LogP contribution in [0.4, 0.5) is 0 Å². The Hall–Kier alpha value is -1.71. The molecule has 0 radical (unpaired) electrons. The molecule has 4 heteroatoms. The number of esters is 1. The van der Waals surface area contributed by atoms with E-state index in [1.54, 1.807) is 6.92 Å². The molecule has 2 aliphatic rings. The topological polar surface area (TPSA) is 56.3 Å². The summed E-state index contributed by atoms with van der Waals surface area (Å²) in [6, 6.07) is 0. The van der Waals surface area contributed by atoms with Gasteiger partial charge in [-0.3, -0.25) is 9.78 Å². The van der Waals surface area contributed by atoms with Crippen LogP contribution in [0.3, 0.4) is 0 Å². The predicted octanol–water partition coefficient (Wildman–Crippen LogP) is 4.16. The van der Waals surface area contributed by atoms with Crippen molar-refractivity contribution in [3.05, 3.63) is 28.1 Å². The lowest BCUT2D eigenvalue weighted by molar-refractivity contribution is 0.0523. The molecule has 0 aliphatic heterocycles. The number of carbonyl (C=O) groups excluding carboxylic acids is 2. The maximum Gasteiger partial charge on any atom is 0.340 e. The third kappa shape index (κ3) is 2.58. The SMILES string of the molecule is CCOC(=O)c1c(C)nc2c(c1C1CC1)C(=O)CC(C)(C)[C@H]2C. The number of hydrogen-bond acceptors (Lipinski definition) is 4. The van der Waals surface area contributed by atoms with Gasteiger partial charge in [-0.15, -0.1) is 0 Å². The molecule has 0 amide bonds. The average molecular weight is 315 g/mol. The van der Waals surface area contributed by atoms with E-state index >= 15 is 0 Å². The second kappa shape index (κ2) is 5.43. The lowest BCUT2D eigenvalue weighted by atomic mass is 9.67. The number of nitrogens with zero attached hydrogens (tertiary/aromatic N) is 1. The van der Waals surface area contributed by atoms with Crippen molar-refractivity contribution >= 4 is 11.8 Å². The fraction of sp³-hybridized carbons (Fsp3) is 0.632. The lowest BCUT2D eigenvalue weighted by Gasteiger charge is -2.37. The Labute approximate surface area is 137 Å². The van der Waals surface area contributed by atoms with Crippen LogP contribution in [-0.4, -0.2) is 23.3 Å². The van der Waals surface area contributed by atoms with Gasteiger partial charge in [0.05, 0.1) is 23.6 Å². The van der Waals surface area contributed by atoms with E-state index in [1.807, 2.05) is 6.92 Å². The Morgan fingerprint density at radius 1 is 1.35 bits per heavy atom. The zero-order valence-corrected chi connectivity index (χ0v) is 14.7. The van der Waals surface area contributed by atoms with Gasteiger partial charge in [0.1, 0.15) is 0 Å². The van der Waals surface area contributed by atoms with Crippen molar-refractivity contribution in [2.75, 3.05) is 6.61 Å². The van der Waals surface area contributed by atoms with E-state index < -0.39 is 0 Å². The molecule has 1 heterocycles. The molecule has 0 unspecified atom stereocenters. The smallest absolute Gasteiger partial charge is 0.340 e. The standard InChI is InChI=1S/C19H25NO3/c1-6-23-18(22)14-11(3)20-17-10(2)19(4,5)9-13(21)16(17)15(14)12-7-8-12/h10,12H,6-9H2,1-5H3/t10-/m0/s1. The van der Waals surface area contributed by atoms with Crippen molar-refractivity contribution in [1.29, 1.82) is 0 Å². The third-order valence-electron chi connectivity index (χ3n) is 5.39. The van der Waals surface area contributed by atoms with Gasteiger partial charge < -0.3 is 4.74 Å². The highest BCUT2D eigenvalue weighted by Gasteiger charge is 2.44. The number of rotatable bonds is 3. The first-order chi connectivity index (χ1) is 10.8. The number of ketones is 1. The molecule has 4 nitrogen and oxygen atoms in total. The number of aromatic nitrogens is 1. The quantitative estimate of drug-likeness (QED) is 0.786. The van der Waals surface area contributed by atoms with E-state index in [0.29, 0.717) is 35.8 Å². The van der Waals surface area contributed by atoms with E-state index in [-0.39, 0.29) is 23.1 Å². The van der Waals surface area contributed by atoms with E-state index in [1.165, 1.54) is 0 Å². The molecule has 1 aromatic heterocycles. The van der Waals surface area contributed by atoms with Crippen LogP contribution in [-0.2, 0) is 4.74 Å². The fourth-order valence-electron chi connectivity index (χ4n) is 3.62. The average Bonchev–Trinajstić information content (AvgIpc) is 3.27. The number of hydrogen-bond donors (Lipinski definition) is 0. The second-order valence-electron chi connectivity index (χ2n) is 7.55. The zero-order valence-electron chi connectivity index (χ0n) is 14.7. The summed E-state index contributed by atoms with van der Waals surface area (Å²) in [4.78, 5) is 30.0. The highest BCUT2D eigenvalue weighted by atomic mass is 16.5. The third-order valence-corrected chi connectivity index (χ3v) is 5.39. The summed E-state index contributed by atoms with van der Waals surface area (Å²) in [7, 11) is 0. The summed E-state index contributed by atoms with van der Waals surface area (Å²) < 4.78 is 5.23. The van der Waals surface area contributed by atoms with Crippen molar-refractivity contribution in [2.24, 2.45) is 5.41 Å². The first-order valence-corrected chi connectivity index (χ1v) is 8.52. The van der Waals surface area contributed by atoms with Crippen molar-refractivity contribution in [1.82, 2.24) is 4.98 Å². The molecule has 0 spiro atoms. The molecule has 0 aromatic carbocycles. The van der Waals surface area contributed by atoms with Gasteiger partial charge in [0, 0.05) is 17.9 Å². The van der Waals surface area contributed by atoms with Crippen molar-refractivity contribution < 1.29 is 14.3 Å². The maximum absolute atomic E-state index is 12.9. The molecule has 0 N–H and O–H groups in total. The Kier molecular flexibility index (Phi) is 3.81. The van der Waals surface area contributed by atoms with Gasteiger partial charge in [-0.1, -0.05) is 20.8 Å². The van der Waals surface area contributed by atoms with Crippen LogP contribution in [0.5, 0.6) is 0 Å². The van der Waals surface area contributed by atoms with Gasteiger partial charge >= 0.3 is 5.97 Å². The molecule has 0 saturated heterocycles. The zero-order chi connectivity index (χ0) is 16.9. The molecule has 1 saturated carbocycles. The fourth-order valence-corrected chi connectivity index (χ4v) is 3.62. The summed E-state index contributed by atoms with van der Waals surface area (Å²) in [5.74, 6) is 0.292. The minimum atomic E-state index is -0.340. The van der Waals surface area contributed by atoms with E-state index in [4.69, 9.17) is 9.72 Å². The van der Waals surface area contributed by atoms with Gasteiger partial charge in [0.25, 0.3) is 0 Å². The summed E-state index contributed by atoms with van der Waals surface area (Å²) in [5.41, 5.74) is 3.63. The van der Waals surface area contributed by atoms with Crippen molar-refractivity contribution in [2.45, 2.75) is 65.7 Å². The number of Topliss-reactive ketones (excluding diaryl/α,β-unsaturated/α-hetero) is 1. The molecule has 1 atom stereocenters. The molecule has 1 fully saturated rings. The Bertz CT molecular complexity index is 686. The minimum Gasteiger partial charge on any atom is -0.462 e. The van der Waals surface area contributed by atoms with Gasteiger partial charge in [0.15, 0.2) is 5.78 Å². The number of ether oxygens (including phenoxy) is 1. The summed E-state index contributed by atoms with van der Waals surface area (Å²) in [5, 5.41) is 0. The maximum atomic E-state index is 12.9. The van der Waals surface area contributed by atoms with E-state index in [0.717, 1.165) is 24.1 Å². The summed E-state index contributed by atoms with van der Waals surface area (Å²) in [6.45, 7) is 10.4. The summed E-state index contributed by atoms with van der Waals surface area (Å²) in [6.07, 6.45) is 2.58. The molecule has 1 aromatic rings. The van der Waals surface area contributed by atoms with E-state index in [2.05, 4.69) is 20.8 Å². The number of fused-ring (bicyclic) bond motifs is 1. The Morgan fingerprint density at radius 3 is 2.57 bits per heavy atom. The molecular weight excluding hydrogens is 290 g/mol. The molecule has 3 rings (SSSR count). The van der Waals surface area contributed by atoms with Crippen LogP contribution in [0.25, 0.3) is 0 Å². The van der Waals surface area contributed by atoms with E-state index in [9.17, 15) is 9.59 Å². The normalized spacial score (nSPS) is 22.7. The molecular formula is C19H25NO3. The van der Waals surface area contributed by atoms with Gasteiger partial charge in [0.2, 0.25) is 0 Å².